The molecule has 1 saturated heterocycles. The normalized spacial score (nSPS) is 15.5. The van der Waals surface area contributed by atoms with Crippen molar-refractivity contribution in [1.29, 1.82) is 0 Å². The zero-order valence-electron chi connectivity index (χ0n) is 11.5. The van der Waals surface area contributed by atoms with Crippen LogP contribution in [0.15, 0.2) is 6.07 Å². The number of carbonyl (C=O) groups is 2. The number of rotatable bonds is 1. The fraction of sp³-hybridized carbons (Fsp3) is 0.583. The van der Waals surface area contributed by atoms with Crippen LogP contribution in [0.4, 0.5) is 10.6 Å². The van der Waals surface area contributed by atoms with Gasteiger partial charge in [-0.15, -0.1) is 0 Å². The van der Waals surface area contributed by atoms with Crippen molar-refractivity contribution in [2.75, 3.05) is 31.5 Å². The highest BCUT2D eigenvalue weighted by Crippen LogP contribution is 2.09. The lowest BCUT2D eigenvalue weighted by Gasteiger charge is -2.33. The summed E-state index contributed by atoms with van der Waals surface area (Å²) in [7, 11) is 1.83. The third-order valence-corrected chi connectivity index (χ3v) is 3.36. The molecule has 0 spiro atoms. The Morgan fingerprint density at radius 3 is 2.26 bits per heavy atom. The lowest BCUT2D eigenvalue weighted by Crippen LogP contribution is -2.51. The lowest BCUT2D eigenvalue weighted by molar-refractivity contribution is -0.130. The number of carbonyl (C=O) groups excluding carboxylic acids is 2. The molecule has 1 aliphatic heterocycles. The molecule has 0 atom stereocenters. The molecule has 0 aromatic carbocycles. The van der Waals surface area contributed by atoms with E-state index in [1.165, 1.54) is 0 Å². The van der Waals surface area contributed by atoms with Crippen LogP contribution < -0.4 is 5.32 Å². The molecular weight excluding hydrogens is 246 g/mol. The Morgan fingerprint density at radius 1 is 1.21 bits per heavy atom. The van der Waals surface area contributed by atoms with Gasteiger partial charge in [-0.05, 0) is 6.92 Å². The summed E-state index contributed by atoms with van der Waals surface area (Å²) in [5.74, 6) is 0.611. The average Bonchev–Trinajstić information content (AvgIpc) is 2.68. The molecule has 1 aliphatic rings. The molecule has 7 heteroatoms. The number of nitrogens with zero attached hydrogens (tertiary/aromatic N) is 4. The van der Waals surface area contributed by atoms with Crippen LogP contribution in [0.25, 0.3) is 0 Å². The van der Waals surface area contributed by atoms with E-state index in [1.807, 2.05) is 20.0 Å². The summed E-state index contributed by atoms with van der Waals surface area (Å²) < 4.78 is 1.71. The first kappa shape index (κ1) is 13.4. The Labute approximate surface area is 112 Å². The smallest absolute Gasteiger partial charge is 0.323 e. The van der Waals surface area contributed by atoms with Gasteiger partial charge in [-0.3, -0.25) is 14.8 Å². The van der Waals surface area contributed by atoms with Crippen LogP contribution in [0.2, 0.25) is 0 Å². The molecule has 1 N–H and O–H groups in total. The number of piperazine rings is 1. The second kappa shape index (κ2) is 5.29. The zero-order chi connectivity index (χ0) is 14.0. The Bertz CT molecular complexity index is 469. The second-order valence-electron chi connectivity index (χ2n) is 4.72. The standard InChI is InChI=1S/C12H19N5O2/c1-9-8-11(14-15(9)3)13-12(19)17-6-4-16(5-7-17)10(2)18/h8H,4-7H2,1-3H3,(H,13,14,19). The van der Waals surface area contributed by atoms with Crippen molar-refractivity contribution in [2.45, 2.75) is 13.8 Å². The lowest BCUT2D eigenvalue weighted by atomic mass is 10.3. The molecular formula is C12H19N5O2. The van der Waals surface area contributed by atoms with E-state index >= 15 is 0 Å². The monoisotopic (exact) mass is 265 g/mol. The van der Waals surface area contributed by atoms with E-state index in [1.54, 1.807) is 21.4 Å². The van der Waals surface area contributed by atoms with Crippen LogP contribution in [-0.4, -0.2) is 57.7 Å². The van der Waals surface area contributed by atoms with Gasteiger partial charge in [-0.2, -0.15) is 5.10 Å². The maximum absolute atomic E-state index is 12.0. The van der Waals surface area contributed by atoms with E-state index in [-0.39, 0.29) is 11.9 Å². The highest BCUT2D eigenvalue weighted by Gasteiger charge is 2.22. The van der Waals surface area contributed by atoms with Gasteiger partial charge < -0.3 is 9.80 Å². The van der Waals surface area contributed by atoms with E-state index in [4.69, 9.17) is 0 Å². The van der Waals surface area contributed by atoms with Gasteiger partial charge in [0.2, 0.25) is 5.91 Å². The number of aromatic nitrogens is 2. The fourth-order valence-electron chi connectivity index (χ4n) is 2.03. The molecule has 2 rings (SSSR count). The summed E-state index contributed by atoms with van der Waals surface area (Å²) in [6, 6.07) is 1.66. The quantitative estimate of drug-likeness (QED) is 0.800. The van der Waals surface area contributed by atoms with Crippen molar-refractivity contribution in [3.63, 3.8) is 0 Å². The minimum atomic E-state index is -0.165. The Morgan fingerprint density at radius 2 is 1.79 bits per heavy atom. The third-order valence-electron chi connectivity index (χ3n) is 3.36. The van der Waals surface area contributed by atoms with E-state index in [9.17, 15) is 9.59 Å². The molecule has 1 aromatic rings. The summed E-state index contributed by atoms with van der Waals surface area (Å²) in [6.07, 6.45) is 0. The number of aryl methyl sites for hydroxylation is 2. The summed E-state index contributed by atoms with van der Waals surface area (Å²) in [6.45, 7) is 5.75. The van der Waals surface area contributed by atoms with Gasteiger partial charge in [0, 0.05) is 51.9 Å². The van der Waals surface area contributed by atoms with E-state index in [2.05, 4.69) is 10.4 Å². The molecule has 3 amide bonds. The molecule has 1 aromatic heterocycles. The SMILES string of the molecule is CC(=O)N1CCN(C(=O)Nc2cc(C)n(C)n2)CC1. The number of hydrogen-bond donors (Lipinski definition) is 1. The van der Waals surface area contributed by atoms with Crippen molar-refractivity contribution in [3.05, 3.63) is 11.8 Å². The van der Waals surface area contributed by atoms with Gasteiger partial charge in [-0.1, -0.05) is 0 Å². The summed E-state index contributed by atoms with van der Waals surface area (Å²) >= 11 is 0. The average molecular weight is 265 g/mol. The third kappa shape index (κ3) is 3.04. The minimum Gasteiger partial charge on any atom is -0.339 e. The van der Waals surface area contributed by atoms with Crippen LogP contribution in [-0.2, 0) is 11.8 Å². The van der Waals surface area contributed by atoms with Crippen LogP contribution >= 0.6 is 0 Å². The first-order chi connectivity index (χ1) is 8.97. The van der Waals surface area contributed by atoms with Crippen molar-refractivity contribution in [3.8, 4) is 0 Å². The highest BCUT2D eigenvalue weighted by molar-refractivity contribution is 5.88. The molecule has 2 heterocycles. The zero-order valence-corrected chi connectivity index (χ0v) is 11.5. The van der Waals surface area contributed by atoms with E-state index in [0.29, 0.717) is 32.0 Å². The van der Waals surface area contributed by atoms with E-state index < -0.39 is 0 Å². The van der Waals surface area contributed by atoms with Gasteiger partial charge in [0.15, 0.2) is 5.82 Å². The molecule has 0 radical (unpaired) electrons. The van der Waals surface area contributed by atoms with Crippen molar-refractivity contribution < 1.29 is 9.59 Å². The maximum atomic E-state index is 12.0. The topological polar surface area (TPSA) is 70.5 Å². The van der Waals surface area contributed by atoms with Gasteiger partial charge in [0.05, 0.1) is 0 Å². The number of amides is 3. The predicted octanol–water partition coefficient (Wildman–Crippen LogP) is 0.425. The van der Waals surface area contributed by atoms with Crippen LogP contribution in [0.5, 0.6) is 0 Å². The van der Waals surface area contributed by atoms with E-state index in [0.717, 1.165) is 5.69 Å². The molecule has 104 valence electrons. The van der Waals surface area contributed by atoms with Gasteiger partial charge in [0.25, 0.3) is 0 Å². The number of nitrogens with one attached hydrogen (secondary N) is 1. The van der Waals surface area contributed by atoms with Crippen LogP contribution in [0.3, 0.4) is 0 Å². The second-order valence-corrected chi connectivity index (χ2v) is 4.72. The molecule has 0 unspecified atom stereocenters. The molecule has 7 nitrogen and oxygen atoms in total. The molecule has 1 fully saturated rings. The summed E-state index contributed by atoms with van der Waals surface area (Å²) in [5, 5.41) is 6.95. The maximum Gasteiger partial charge on any atom is 0.323 e. The molecule has 0 saturated carbocycles. The van der Waals surface area contributed by atoms with Crippen LogP contribution in [0, 0.1) is 6.92 Å². The van der Waals surface area contributed by atoms with Gasteiger partial charge in [0.1, 0.15) is 0 Å². The fourth-order valence-corrected chi connectivity index (χ4v) is 2.03. The van der Waals surface area contributed by atoms with Crippen LogP contribution in [0.1, 0.15) is 12.6 Å². The van der Waals surface area contributed by atoms with Crippen molar-refractivity contribution in [1.82, 2.24) is 19.6 Å². The largest absolute Gasteiger partial charge is 0.339 e. The number of hydrogen-bond acceptors (Lipinski definition) is 3. The van der Waals surface area contributed by atoms with Crippen molar-refractivity contribution in [2.24, 2.45) is 7.05 Å². The predicted molar refractivity (Wildman–Crippen MR) is 70.8 cm³/mol. The Balaban J connectivity index is 1.89. The summed E-state index contributed by atoms with van der Waals surface area (Å²) in [4.78, 5) is 26.7. The van der Waals surface area contributed by atoms with Gasteiger partial charge >= 0.3 is 6.03 Å². The summed E-state index contributed by atoms with van der Waals surface area (Å²) in [5.41, 5.74) is 0.983. The first-order valence-corrected chi connectivity index (χ1v) is 6.29. The van der Waals surface area contributed by atoms with Crippen molar-refractivity contribution >= 4 is 17.8 Å². The highest BCUT2D eigenvalue weighted by atomic mass is 16.2. The molecule has 19 heavy (non-hydrogen) atoms. The Hall–Kier alpha value is -2.05. The molecule has 0 bridgehead atoms. The van der Waals surface area contributed by atoms with Gasteiger partial charge in [-0.25, -0.2) is 4.79 Å². The Kier molecular flexibility index (Phi) is 3.73. The minimum absolute atomic E-state index is 0.0559. The number of anilines is 1. The molecule has 0 aliphatic carbocycles. The number of urea groups is 1. The first-order valence-electron chi connectivity index (χ1n) is 6.29.